The van der Waals surface area contributed by atoms with Crippen LogP contribution in [0.25, 0.3) is 22.2 Å². The number of nitrogens with one attached hydrogen (secondary N) is 2. The molecule has 0 saturated heterocycles. The van der Waals surface area contributed by atoms with Crippen LogP contribution in [0.3, 0.4) is 0 Å². The second kappa shape index (κ2) is 8.54. The van der Waals surface area contributed by atoms with Crippen molar-refractivity contribution in [2.75, 3.05) is 10.5 Å². The zero-order valence-electron chi connectivity index (χ0n) is 17.6. The Labute approximate surface area is 184 Å². The van der Waals surface area contributed by atoms with E-state index in [1.54, 1.807) is 30.2 Å². The van der Waals surface area contributed by atoms with Crippen LogP contribution in [0.2, 0.25) is 0 Å². The lowest BCUT2D eigenvalue weighted by Gasteiger charge is -2.10. The molecule has 32 heavy (non-hydrogen) atoms. The lowest BCUT2D eigenvalue weighted by Crippen LogP contribution is -2.17. The number of H-pyrrole nitrogens is 1. The summed E-state index contributed by atoms with van der Waals surface area (Å²) in [5, 5.41) is 4.68. The molecular weight excluding hydrogens is 433 g/mol. The first-order valence-electron chi connectivity index (χ1n) is 10.1. The van der Waals surface area contributed by atoms with Gasteiger partial charge in [0.1, 0.15) is 11.5 Å². The van der Waals surface area contributed by atoms with Gasteiger partial charge in [-0.15, -0.1) is 0 Å². The van der Waals surface area contributed by atoms with Crippen molar-refractivity contribution in [1.29, 1.82) is 0 Å². The van der Waals surface area contributed by atoms with Crippen LogP contribution in [0, 0.1) is 5.82 Å². The third-order valence-electron chi connectivity index (χ3n) is 5.06. The van der Waals surface area contributed by atoms with Gasteiger partial charge in [0, 0.05) is 53.4 Å². The van der Waals surface area contributed by atoms with E-state index in [0.717, 1.165) is 23.6 Å². The summed E-state index contributed by atoms with van der Waals surface area (Å²) in [7, 11) is -1.78. The van der Waals surface area contributed by atoms with Crippen molar-refractivity contribution < 1.29 is 17.6 Å². The van der Waals surface area contributed by atoms with E-state index in [2.05, 4.69) is 19.8 Å². The maximum Gasteiger partial charge on any atom is 0.232 e. The fourth-order valence-electron chi connectivity index (χ4n) is 3.39. The number of aromatic nitrogens is 4. The average molecular weight is 456 g/mol. The third kappa shape index (κ3) is 4.40. The smallest absolute Gasteiger partial charge is 0.232 e. The maximum atomic E-state index is 14.6. The Hall–Kier alpha value is -3.53. The van der Waals surface area contributed by atoms with Crippen LogP contribution in [0.5, 0.6) is 0 Å². The number of carbonyl (C=O) groups excluding carboxylic acids is 1. The summed E-state index contributed by atoms with van der Waals surface area (Å²) < 4.78 is 43.0. The third-order valence-corrected chi connectivity index (χ3v) is 6.44. The molecule has 0 fully saturated rings. The number of halogens is 1. The van der Waals surface area contributed by atoms with Crippen molar-refractivity contribution in [3.8, 4) is 11.1 Å². The number of rotatable bonds is 8. The topological polar surface area (TPSA) is 110 Å². The summed E-state index contributed by atoms with van der Waals surface area (Å²) in [6.45, 7) is 1.89. The maximum absolute atomic E-state index is 14.6. The van der Waals surface area contributed by atoms with Crippen molar-refractivity contribution in [2.45, 2.75) is 19.8 Å². The van der Waals surface area contributed by atoms with Crippen LogP contribution >= 0.6 is 0 Å². The molecule has 0 aliphatic heterocycles. The van der Waals surface area contributed by atoms with Crippen LogP contribution in [-0.2, 0) is 17.1 Å². The van der Waals surface area contributed by atoms with Crippen LogP contribution < -0.4 is 4.72 Å². The van der Waals surface area contributed by atoms with Crippen molar-refractivity contribution in [3.05, 3.63) is 66.0 Å². The predicted octanol–water partition coefficient (Wildman–Crippen LogP) is 3.88. The molecule has 0 saturated carbocycles. The molecule has 4 aromatic rings. The first kappa shape index (κ1) is 21.7. The normalized spacial score (nSPS) is 11.7. The van der Waals surface area contributed by atoms with Gasteiger partial charge in [0.15, 0.2) is 5.78 Å². The van der Waals surface area contributed by atoms with Gasteiger partial charge in [-0.25, -0.2) is 17.8 Å². The van der Waals surface area contributed by atoms with Gasteiger partial charge in [0.25, 0.3) is 0 Å². The number of ketones is 1. The molecule has 0 amide bonds. The van der Waals surface area contributed by atoms with Crippen molar-refractivity contribution in [2.24, 2.45) is 7.05 Å². The minimum atomic E-state index is -3.58. The number of anilines is 1. The molecule has 2 N–H and O–H groups in total. The molecule has 0 unspecified atom stereocenters. The highest BCUT2D eigenvalue weighted by Crippen LogP contribution is 2.27. The number of hydrogen-bond acceptors (Lipinski definition) is 5. The second-order valence-electron chi connectivity index (χ2n) is 7.52. The summed E-state index contributed by atoms with van der Waals surface area (Å²) >= 11 is 0. The van der Waals surface area contributed by atoms with Gasteiger partial charge in [-0.3, -0.25) is 14.2 Å². The van der Waals surface area contributed by atoms with E-state index in [9.17, 15) is 17.6 Å². The van der Waals surface area contributed by atoms with E-state index in [1.165, 1.54) is 18.3 Å². The van der Waals surface area contributed by atoms with Gasteiger partial charge in [0.2, 0.25) is 10.0 Å². The number of fused-ring (bicyclic) bond motifs is 1. The van der Waals surface area contributed by atoms with E-state index in [0.29, 0.717) is 17.5 Å². The number of unbranched alkanes of at least 4 members (excludes halogenated alkanes) is 1. The van der Waals surface area contributed by atoms with Crippen molar-refractivity contribution >= 4 is 32.5 Å². The van der Waals surface area contributed by atoms with Crippen LogP contribution in [0.4, 0.5) is 10.1 Å². The quantitative estimate of drug-likeness (QED) is 0.392. The lowest BCUT2D eigenvalue weighted by molar-refractivity contribution is 0.103. The number of benzene rings is 1. The molecule has 0 spiro atoms. The Morgan fingerprint density at radius 3 is 2.72 bits per heavy atom. The summed E-state index contributed by atoms with van der Waals surface area (Å²) in [5.74, 6) is -1.36. The minimum absolute atomic E-state index is 0.0462. The number of pyridine rings is 1. The summed E-state index contributed by atoms with van der Waals surface area (Å²) in [4.78, 5) is 20.5. The highest BCUT2D eigenvalue weighted by molar-refractivity contribution is 7.92. The van der Waals surface area contributed by atoms with Gasteiger partial charge >= 0.3 is 0 Å². The number of hydrogen-bond donors (Lipinski definition) is 2. The van der Waals surface area contributed by atoms with E-state index >= 15 is 0 Å². The van der Waals surface area contributed by atoms with E-state index in [4.69, 9.17) is 0 Å². The molecule has 3 aromatic heterocycles. The predicted molar refractivity (Wildman–Crippen MR) is 120 cm³/mol. The summed E-state index contributed by atoms with van der Waals surface area (Å²) in [5.41, 5.74) is 2.22. The lowest BCUT2D eigenvalue weighted by atomic mass is 10.0. The van der Waals surface area contributed by atoms with Crippen LogP contribution in [0.1, 0.15) is 35.7 Å². The van der Waals surface area contributed by atoms with Crippen LogP contribution in [0.15, 0.2) is 49.1 Å². The molecule has 3 heterocycles. The zero-order valence-corrected chi connectivity index (χ0v) is 18.4. The molecule has 0 radical (unpaired) electrons. The first-order valence-corrected chi connectivity index (χ1v) is 11.7. The highest BCUT2D eigenvalue weighted by Gasteiger charge is 2.20. The van der Waals surface area contributed by atoms with Gasteiger partial charge < -0.3 is 4.98 Å². The van der Waals surface area contributed by atoms with Crippen molar-refractivity contribution in [1.82, 2.24) is 19.7 Å². The Kier molecular flexibility index (Phi) is 5.79. The van der Waals surface area contributed by atoms with Gasteiger partial charge in [-0.05, 0) is 30.7 Å². The molecule has 0 aliphatic carbocycles. The molecule has 0 aliphatic rings. The zero-order chi connectivity index (χ0) is 22.9. The Morgan fingerprint density at radius 1 is 1.19 bits per heavy atom. The van der Waals surface area contributed by atoms with E-state index in [-0.39, 0.29) is 22.6 Å². The first-order chi connectivity index (χ1) is 15.3. The Morgan fingerprint density at radius 2 is 2.00 bits per heavy atom. The van der Waals surface area contributed by atoms with Gasteiger partial charge in [0.05, 0.1) is 17.5 Å². The molecule has 166 valence electrons. The number of sulfonamides is 1. The second-order valence-corrected chi connectivity index (χ2v) is 9.37. The Balaban J connectivity index is 1.70. The number of nitrogens with zero attached hydrogens (tertiary/aromatic N) is 3. The molecular formula is C22H22FN5O3S. The molecule has 8 nitrogen and oxygen atoms in total. The van der Waals surface area contributed by atoms with E-state index in [1.807, 2.05) is 13.1 Å². The van der Waals surface area contributed by atoms with E-state index < -0.39 is 21.6 Å². The molecule has 4 rings (SSSR count). The molecule has 0 atom stereocenters. The van der Waals surface area contributed by atoms with Crippen molar-refractivity contribution in [3.63, 3.8) is 0 Å². The highest BCUT2D eigenvalue weighted by atomic mass is 32.2. The summed E-state index contributed by atoms with van der Waals surface area (Å²) in [6, 6.07) is 5.39. The standard InChI is InChI=1S/C22H22FN5O3S/c1-3-4-7-32(30,31)27-16-5-6-20(23)18(9-16)21(29)19-12-25-22-17(19)8-14(10-24-22)15-11-26-28(2)13-15/h5-6,8-13,27H,3-4,7H2,1-2H3,(H,24,25). The number of carbonyl (C=O) groups is 1. The molecule has 0 bridgehead atoms. The minimum Gasteiger partial charge on any atom is -0.345 e. The fraction of sp³-hybridized carbons (Fsp3) is 0.227. The SMILES string of the molecule is CCCCS(=O)(=O)Nc1ccc(F)c(C(=O)c2c[nH]c3ncc(-c4cnn(C)c4)cc23)c1. The largest absolute Gasteiger partial charge is 0.345 e. The molecule has 1 aromatic carbocycles. The fourth-order valence-corrected chi connectivity index (χ4v) is 4.65. The Bertz CT molecular complexity index is 1410. The average Bonchev–Trinajstić information content (AvgIpc) is 3.38. The van der Waals surface area contributed by atoms with Crippen LogP contribution in [-0.4, -0.2) is 39.7 Å². The number of aromatic amines is 1. The molecule has 10 heteroatoms. The number of aryl methyl sites for hydroxylation is 1. The van der Waals surface area contributed by atoms with Gasteiger partial charge in [-0.2, -0.15) is 5.10 Å². The summed E-state index contributed by atoms with van der Waals surface area (Å²) in [6.07, 6.45) is 7.88. The monoisotopic (exact) mass is 455 g/mol. The van der Waals surface area contributed by atoms with Gasteiger partial charge in [-0.1, -0.05) is 13.3 Å².